The van der Waals surface area contributed by atoms with E-state index >= 15 is 0 Å². The third kappa shape index (κ3) is 4.70. The molecule has 0 saturated carbocycles. The van der Waals surface area contributed by atoms with Crippen LogP contribution in [0.1, 0.15) is 21.5 Å². The maximum atomic E-state index is 13.6. The van der Waals surface area contributed by atoms with Gasteiger partial charge in [-0.1, -0.05) is 42.5 Å². The number of amides is 3. The summed E-state index contributed by atoms with van der Waals surface area (Å²) in [4.78, 5) is 39.5. The Morgan fingerprint density at radius 2 is 1.79 bits per heavy atom. The standard InChI is InChI=1S/C27H24N6O4S/c34-20(15-16-5-2-1-3-6-16)29-21-10-9-19(38-21)25-23-24(30-31-25)17-7-4-8-18(22(17)26(23)35)28-27(36)32-33-11-13-37-14-12-33/h1-10H,11-15H2,(H,29,34)(H,30,31)(H2,28,32,36). The summed E-state index contributed by atoms with van der Waals surface area (Å²) in [6, 6.07) is 18.1. The van der Waals surface area contributed by atoms with Gasteiger partial charge in [-0.15, -0.1) is 11.3 Å². The van der Waals surface area contributed by atoms with Crippen LogP contribution in [0.4, 0.5) is 15.5 Å². The van der Waals surface area contributed by atoms with Crippen LogP contribution in [0.5, 0.6) is 0 Å². The first-order valence-electron chi connectivity index (χ1n) is 12.2. The topological polar surface area (TPSA) is 128 Å². The first kappa shape index (κ1) is 24.0. The number of anilines is 2. The summed E-state index contributed by atoms with van der Waals surface area (Å²) in [6.45, 7) is 2.28. The molecule has 2 aromatic carbocycles. The predicted molar refractivity (Wildman–Crippen MR) is 144 cm³/mol. The van der Waals surface area contributed by atoms with Crippen LogP contribution in [-0.4, -0.2) is 59.2 Å². The Morgan fingerprint density at radius 1 is 0.974 bits per heavy atom. The van der Waals surface area contributed by atoms with Crippen LogP contribution in [0.3, 0.4) is 0 Å². The Labute approximate surface area is 222 Å². The molecule has 1 fully saturated rings. The number of ketones is 1. The minimum absolute atomic E-state index is 0.119. The molecule has 1 saturated heterocycles. The molecule has 2 aromatic heterocycles. The van der Waals surface area contributed by atoms with E-state index in [4.69, 9.17) is 4.74 Å². The van der Waals surface area contributed by atoms with Crippen LogP contribution in [0.25, 0.3) is 21.8 Å². The summed E-state index contributed by atoms with van der Waals surface area (Å²) in [5.74, 6) is -0.338. The van der Waals surface area contributed by atoms with E-state index in [0.717, 1.165) is 10.4 Å². The van der Waals surface area contributed by atoms with Gasteiger partial charge in [-0.25, -0.2) is 9.80 Å². The van der Waals surface area contributed by atoms with E-state index in [1.807, 2.05) is 42.5 Å². The van der Waals surface area contributed by atoms with Gasteiger partial charge in [0.05, 0.1) is 52.0 Å². The van der Waals surface area contributed by atoms with Gasteiger partial charge in [0.15, 0.2) is 5.78 Å². The number of carbonyl (C=O) groups is 3. The number of H-pyrrole nitrogens is 1. The molecule has 3 heterocycles. The van der Waals surface area contributed by atoms with E-state index in [-0.39, 0.29) is 18.1 Å². The minimum atomic E-state index is -0.420. The fraction of sp³-hybridized carbons (Fsp3) is 0.185. The Kier molecular flexibility index (Phi) is 6.46. The number of urea groups is 1. The lowest BCUT2D eigenvalue weighted by Gasteiger charge is -2.27. The van der Waals surface area contributed by atoms with E-state index in [0.29, 0.717) is 65.1 Å². The number of nitrogens with zero attached hydrogens (tertiary/aromatic N) is 2. The number of ether oxygens (including phenoxy) is 1. The molecular formula is C27H24N6O4S. The molecule has 6 rings (SSSR count). The summed E-state index contributed by atoms with van der Waals surface area (Å²) in [5, 5.41) is 15.6. The van der Waals surface area contributed by atoms with E-state index in [1.165, 1.54) is 11.3 Å². The first-order valence-corrected chi connectivity index (χ1v) is 13.0. The second kappa shape index (κ2) is 10.2. The van der Waals surface area contributed by atoms with Crippen LogP contribution >= 0.6 is 11.3 Å². The zero-order valence-corrected chi connectivity index (χ0v) is 21.1. The second-order valence-electron chi connectivity index (χ2n) is 8.92. The van der Waals surface area contributed by atoms with Gasteiger partial charge in [-0.3, -0.25) is 20.1 Å². The van der Waals surface area contributed by atoms with E-state index in [1.54, 1.807) is 23.2 Å². The van der Waals surface area contributed by atoms with Crippen molar-refractivity contribution in [3.8, 4) is 21.8 Å². The molecule has 4 N–H and O–H groups in total. The third-order valence-corrected chi connectivity index (χ3v) is 7.39. The Morgan fingerprint density at radius 3 is 2.61 bits per heavy atom. The molecule has 38 heavy (non-hydrogen) atoms. The summed E-state index contributed by atoms with van der Waals surface area (Å²) in [5.41, 5.74) is 6.83. The van der Waals surface area contributed by atoms with Gasteiger partial charge in [0.1, 0.15) is 5.69 Å². The highest BCUT2D eigenvalue weighted by Crippen LogP contribution is 2.44. The van der Waals surface area contributed by atoms with E-state index < -0.39 is 6.03 Å². The predicted octanol–water partition coefficient (Wildman–Crippen LogP) is 3.90. The number of aromatic amines is 1. The maximum Gasteiger partial charge on any atom is 0.333 e. The fourth-order valence-corrected chi connectivity index (χ4v) is 5.55. The average Bonchev–Trinajstić information content (AvgIpc) is 3.62. The molecule has 11 heteroatoms. The van der Waals surface area contributed by atoms with Crippen molar-refractivity contribution in [1.29, 1.82) is 0 Å². The number of rotatable bonds is 6. The SMILES string of the molecule is O=C(Cc1ccccc1)Nc1ccc(-c2n[nH]c3c2C(=O)c2c(NC(=O)NN4CCOCC4)cccc2-3)s1. The fourth-order valence-electron chi connectivity index (χ4n) is 4.63. The third-order valence-electron chi connectivity index (χ3n) is 6.38. The quantitative estimate of drug-likeness (QED) is 0.265. The van der Waals surface area contributed by atoms with Crippen molar-refractivity contribution in [2.45, 2.75) is 6.42 Å². The van der Waals surface area contributed by atoms with Crippen LogP contribution in [-0.2, 0) is 16.0 Å². The average molecular weight is 529 g/mol. The Balaban J connectivity index is 1.19. The zero-order valence-electron chi connectivity index (χ0n) is 20.2. The summed E-state index contributed by atoms with van der Waals surface area (Å²) >= 11 is 1.35. The van der Waals surface area contributed by atoms with Crippen LogP contribution < -0.4 is 16.1 Å². The molecule has 1 aliphatic heterocycles. The molecular weight excluding hydrogens is 504 g/mol. The number of benzene rings is 2. The zero-order chi connectivity index (χ0) is 26.1. The summed E-state index contributed by atoms with van der Waals surface area (Å²) < 4.78 is 5.31. The Hall–Kier alpha value is -4.32. The molecule has 2 aliphatic rings. The lowest BCUT2D eigenvalue weighted by atomic mass is 10.1. The lowest BCUT2D eigenvalue weighted by Crippen LogP contribution is -2.49. The van der Waals surface area contributed by atoms with Gasteiger partial charge in [0.25, 0.3) is 0 Å². The van der Waals surface area contributed by atoms with Gasteiger partial charge in [-0.05, 0) is 23.8 Å². The van der Waals surface area contributed by atoms with Gasteiger partial charge in [0, 0.05) is 18.7 Å². The van der Waals surface area contributed by atoms with Crippen LogP contribution in [0, 0.1) is 0 Å². The van der Waals surface area contributed by atoms with Crippen molar-refractivity contribution in [2.24, 2.45) is 0 Å². The number of hydrogen-bond donors (Lipinski definition) is 4. The molecule has 0 bridgehead atoms. The van der Waals surface area contributed by atoms with Gasteiger partial charge < -0.3 is 15.4 Å². The molecule has 3 amide bonds. The number of carbonyl (C=O) groups excluding carboxylic acids is 3. The number of hydrogen-bond acceptors (Lipinski definition) is 7. The molecule has 0 spiro atoms. The highest BCUT2D eigenvalue weighted by Gasteiger charge is 2.35. The molecule has 0 unspecified atom stereocenters. The highest BCUT2D eigenvalue weighted by atomic mass is 32.1. The van der Waals surface area contributed by atoms with E-state index in [9.17, 15) is 14.4 Å². The van der Waals surface area contributed by atoms with E-state index in [2.05, 4.69) is 26.3 Å². The van der Waals surface area contributed by atoms with Crippen molar-refractivity contribution in [3.63, 3.8) is 0 Å². The summed E-state index contributed by atoms with van der Waals surface area (Å²) in [7, 11) is 0. The molecule has 0 atom stereocenters. The smallest absolute Gasteiger partial charge is 0.333 e. The summed E-state index contributed by atoms with van der Waals surface area (Å²) in [6.07, 6.45) is 0.272. The molecule has 1 aliphatic carbocycles. The van der Waals surface area contributed by atoms with Crippen LogP contribution in [0.15, 0.2) is 60.7 Å². The molecule has 10 nitrogen and oxygen atoms in total. The van der Waals surface area contributed by atoms with Gasteiger partial charge in [0.2, 0.25) is 5.91 Å². The van der Waals surface area contributed by atoms with Crippen molar-refractivity contribution in [2.75, 3.05) is 36.9 Å². The number of thiophene rings is 1. The van der Waals surface area contributed by atoms with Gasteiger partial charge in [-0.2, -0.15) is 5.10 Å². The highest BCUT2D eigenvalue weighted by molar-refractivity contribution is 7.19. The maximum absolute atomic E-state index is 13.6. The van der Waals surface area contributed by atoms with Crippen molar-refractivity contribution in [1.82, 2.24) is 20.6 Å². The molecule has 0 radical (unpaired) electrons. The molecule has 192 valence electrons. The van der Waals surface area contributed by atoms with Crippen molar-refractivity contribution >= 4 is 39.7 Å². The normalized spacial score (nSPS) is 14.6. The van der Waals surface area contributed by atoms with Crippen molar-refractivity contribution in [3.05, 3.63) is 77.4 Å². The first-order chi connectivity index (χ1) is 18.6. The number of hydrazine groups is 1. The minimum Gasteiger partial charge on any atom is -0.379 e. The number of aromatic nitrogens is 2. The number of fused-ring (bicyclic) bond motifs is 3. The lowest BCUT2D eigenvalue weighted by molar-refractivity contribution is -0.115. The number of nitrogens with one attached hydrogen (secondary N) is 4. The second-order valence-corrected chi connectivity index (χ2v) is 10.0. The monoisotopic (exact) mass is 528 g/mol. The van der Waals surface area contributed by atoms with Crippen LogP contribution in [0.2, 0.25) is 0 Å². The van der Waals surface area contributed by atoms with Crippen molar-refractivity contribution < 1.29 is 19.1 Å². The molecule has 4 aromatic rings. The number of morpholine rings is 1. The largest absolute Gasteiger partial charge is 0.379 e. The Bertz CT molecular complexity index is 1520. The van der Waals surface area contributed by atoms with Gasteiger partial charge >= 0.3 is 6.03 Å².